The molecule has 0 saturated carbocycles. The van der Waals surface area contributed by atoms with Crippen molar-refractivity contribution in [1.29, 1.82) is 0 Å². The molecule has 0 aliphatic heterocycles. The zero-order chi connectivity index (χ0) is 13.7. The first kappa shape index (κ1) is 15.1. The van der Waals surface area contributed by atoms with E-state index < -0.39 is 17.8 Å². The van der Waals surface area contributed by atoms with Gasteiger partial charge in [0.05, 0.1) is 4.47 Å². The molecule has 0 aromatic heterocycles. The van der Waals surface area contributed by atoms with Crippen molar-refractivity contribution in [3.05, 3.63) is 34.1 Å². The van der Waals surface area contributed by atoms with Crippen LogP contribution >= 0.6 is 15.9 Å². The van der Waals surface area contributed by atoms with E-state index in [1.807, 2.05) is 19.0 Å². The molecule has 0 aliphatic carbocycles. The van der Waals surface area contributed by atoms with Gasteiger partial charge in [0, 0.05) is 13.1 Å². The van der Waals surface area contributed by atoms with E-state index in [1.54, 1.807) is 12.1 Å². The van der Waals surface area contributed by atoms with Crippen LogP contribution in [0.25, 0.3) is 0 Å². The van der Waals surface area contributed by atoms with Gasteiger partial charge in [-0.2, -0.15) is 0 Å². The second-order valence-electron chi connectivity index (χ2n) is 4.27. The van der Waals surface area contributed by atoms with Gasteiger partial charge in [0.1, 0.15) is 11.9 Å². The molecule has 0 saturated heterocycles. The Morgan fingerprint density at radius 2 is 2.22 bits per heavy atom. The molecule has 0 fully saturated rings. The van der Waals surface area contributed by atoms with Crippen molar-refractivity contribution < 1.29 is 9.18 Å². The van der Waals surface area contributed by atoms with Gasteiger partial charge >= 0.3 is 0 Å². The van der Waals surface area contributed by atoms with E-state index in [9.17, 15) is 9.18 Å². The third kappa shape index (κ3) is 4.36. The molecule has 6 heteroatoms. The Balaban J connectivity index is 2.78. The van der Waals surface area contributed by atoms with Crippen molar-refractivity contribution in [3.63, 3.8) is 0 Å². The summed E-state index contributed by atoms with van der Waals surface area (Å²) < 4.78 is 13.8. The van der Waals surface area contributed by atoms with E-state index in [1.165, 1.54) is 6.07 Å². The van der Waals surface area contributed by atoms with Gasteiger partial charge in [-0.25, -0.2) is 4.39 Å². The van der Waals surface area contributed by atoms with Crippen LogP contribution < -0.4 is 11.1 Å². The molecule has 1 amide bonds. The number of nitrogens with two attached hydrogens (primary N) is 1. The molecule has 1 aromatic carbocycles. The first-order chi connectivity index (χ1) is 8.41. The average Bonchev–Trinajstić information content (AvgIpc) is 2.27. The molecule has 3 N–H and O–H groups in total. The van der Waals surface area contributed by atoms with Crippen molar-refractivity contribution in [2.75, 3.05) is 27.2 Å². The van der Waals surface area contributed by atoms with Gasteiger partial charge in [-0.1, -0.05) is 6.07 Å². The predicted molar refractivity (Wildman–Crippen MR) is 72.6 cm³/mol. The van der Waals surface area contributed by atoms with Crippen molar-refractivity contribution in [2.45, 2.75) is 6.04 Å². The number of benzene rings is 1. The quantitative estimate of drug-likeness (QED) is 0.830. The highest BCUT2D eigenvalue weighted by Gasteiger charge is 2.18. The lowest BCUT2D eigenvalue weighted by molar-refractivity contribution is -0.120. The van der Waals surface area contributed by atoms with E-state index in [4.69, 9.17) is 5.73 Å². The van der Waals surface area contributed by atoms with Crippen LogP contribution in [0.5, 0.6) is 0 Å². The summed E-state index contributed by atoms with van der Waals surface area (Å²) in [7, 11) is 3.86. The molecular formula is C12H17BrFN3O. The van der Waals surface area contributed by atoms with E-state index >= 15 is 0 Å². The first-order valence-electron chi connectivity index (χ1n) is 5.54. The lowest BCUT2D eigenvalue weighted by Gasteiger charge is -2.18. The molecule has 1 atom stereocenters. The number of nitrogens with zero attached hydrogens (tertiary/aromatic N) is 1. The second-order valence-corrected chi connectivity index (χ2v) is 5.12. The standard InChI is InChI=1S/C12H17BrFN3O/c1-17(2)6-5-16-11(12(15)18)8-3-4-9(13)10(14)7-8/h3-4,7,11,16H,5-6H2,1-2H3,(H2,15,18). The molecule has 0 aliphatic rings. The summed E-state index contributed by atoms with van der Waals surface area (Å²) in [6, 6.07) is 3.87. The number of amides is 1. The Morgan fingerprint density at radius 1 is 1.56 bits per heavy atom. The van der Waals surface area contributed by atoms with Crippen LogP contribution in [0.15, 0.2) is 22.7 Å². The average molecular weight is 318 g/mol. The van der Waals surface area contributed by atoms with Crippen molar-refractivity contribution >= 4 is 21.8 Å². The summed E-state index contributed by atoms with van der Waals surface area (Å²) in [5.41, 5.74) is 5.85. The normalized spacial score (nSPS) is 12.7. The van der Waals surface area contributed by atoms with Crippen LogP contribution in [-0.4, -0.2) is 38.0 Å². The number of nitrogens with one attached hydrogen (secondary N) is 1. The maximum Gasteiger partial charge on any atom is 0.239 e. The van der Waals surface area contributed by atoms with Crippen LogP contribution in [0, 0.1) is 5.82 Å². The number of likely N-dealkylation sites (N-methyl/N-ethyl adjacent to an activating group) is 1. The van der Waals surface area contributed by atoms with Gasteiger partial charge in [0.2, 0.25) is 5.91 Å². The molecule has 1 unspecified atom stereocenters. The highest BCUT2D eigenvalue weighted by Crippen LogP contribution is 2.20. The third-order valence-corrected chi connectivity index (χ3v) is 3.11. The number of carbonyl (C=O) groups excluding carboxylic acids is 1. The minimum absolute atomic E-state index is 0.364. The lowest BCUT2D eigenvalue weighted by Crippen LogP contribution is -2.37. The van der Waals surface area contributed by atoms with E-state index in [2.05, 4.69) is 21.2 Å². The maximum atomic E-state index is 13.4. The Hall–Kier alpha value is -0.980. The molecule has 0 spiro atoms. The van der Waals surface area contributed by atoms with Gasteiger partial charge in [0.15, 0.2) is 0 Å². The zero-order valence-electron chi connectivity index (χ0n) is 10.4. The second kappa shape index (κ2) is 6.82. The first-order valence-corrected chi connectivity index (χ1v) is 6.33. The Kier molecular flexibility index (Phi) is 5.71. The summed E-state index contributed by atoms with van der Waals surface area (Å²) in [6.07, 6.45) is 0. The molecule has 18 heavy (non-hydrogen) atoms. The SMILES string of the molecule is CN(C)CCNC(C(N)=O)c1ccc(Br)c(F)c1. The summed E-state index contributed by atoms with van der Waals surface area (Å²) in [4.78, 5) is 13.4. The van der Waals surface area contributed by atoms with Crippen molar-refractivity contribution in [2.24, 2.45) is 5.73 Å². The number of hydrogen-bond acceptors (Lipinski definition) is 3. The van der Waals surface area contributed by atoms with Gasteiger partial charge < -0.3 is 16.0 Å². The fourth-order valence-corrected chi connectivity index (χ4v) is 1.75. The number of rotatable bonds is 6. The molecule has 0 heterocycles. The van der Waals surface area contributed by atoms with E-state index in [0.29, 0.717) is 16.6 Å². The summed E-state index contributed by atoms with van der Waals surface area (Å²) in [5, 5.41) is 3.02. The molecule has 1 aromatic rings. The monoisotopic (exact) mass is 317 g/mol. The van der Waals surface area contributed by atoms with Crippen molar-refractivity contribution in [3.8, 4) is 0 Å². The molecule has 100 valence electrons. The number of carbonyl (C=O) groups is 1. The van der Waals surface area contributed by atoms with E-state index in [-0.39, 0.29) is 0 Å². The molecule has 1 rings (SSSR count). The van der Waals surface area contributed by atoms with Crippen LogP contribution in [0.1, 0.15) is 11.6 Å². The lowest BCUT2D eigenvalue weighted by atomic mass is 10.1. The summed E-state index contributed by atoms with van der Waals surface area (Å²) in [6.45, 7) is 1.36. The highest BCUT2D eigenvalue weighted by atomic mass is 79.9. The fourth-order valence-electron chi connectivity index (χ4n) is 1.51. The van der Waals surface area contributed by atoms with Gasteiger partial charge in [0.25, 0.3) is 0 Å². The smallest absolute Gasteiger partial charge is 0.239 e. The Labute approximate surface area is 114 Å². The molecule has 4 nitrogen and oxygen atoms in total. The number of hydrogen-bond donors (Lipinski definition) is 2. The van der Waals surface area contributed by atoms with Crippen LogP contribution in [0.2, 0.25) is 0 Å². The third-order valence-electron chi connectivity index (χ3n) is 2.47. The van der Waals surface area contributed by atoms with Gasteiger partial charge in [-0.15, -0.1) is 0 Å². The minimum Gasteiger partial charge on any atom is -0.368 e. The predicted octanol–water partition coefficient (Wildman–Crippen LogP) is 1.27. The summed E-state index contributed by atoms with van der Waals surface area (Å²) >= 11 is 3.07. The fraction of sp³-hybridized carbons (Fsp3) is 0.417. The molecule has 0 radical (unpaired) electrons. The minimum atomic E-state index is -0.674. The van der Waals surface area contributed by atoms with Crippen LogP contribution in [-0.2, 0) is 4.79 Å². The highest BCUT2D eigenvalue weighted by molar-refractivity contribution is 9.10. The number of primary amides is 1. The Morgan fingerprint density at radius 3 is 2.72 bits per heavy atom. The molecule has 0 bridgehead atoms. The van der Waals surface area contributed by atoms with Gasteiger partial charge in [-0.3, -0.25) is 4.79 Å². The van der Waals surface area contributed by atoms with Crippen LogP contribution in [0.3, 0.4) is 0 Å². The van der Waals surface area contributed by atoms with E-state index in [0.717, 1.165) is 6.54 Å². The maximum absolute atomic E-state index is 13.4. The Bertz CT molecular complexity index is 426. The van der Waals surface area contributed by atoms with Crippen LogP contribution in [0.4, 0.5) is 4.39 Å². The zero-order valence-corrected chi connectivity index (χ0v) is 12.0. The summed E-state index contributed by atoms with van der Waals surface area (Å²) in [5.74, 6) is -0.927. The molecular weight excluding hydrogens is 301 g/mol. The largest absolute Gasteiger partial charge is 0.368 e. The van der Waals surface area contributed by atoms with Crippen molar-refractivity contribution in [1.82, 2.24) is 10.2 Å². The number of halogens is 2. The van der Waals surface area contributed by atoms with Gasteiger partial charge in [-0.05, 0) is 47.7 Å². The topological polar surface area (TPSA) is 58.4 Å².